The Hall–Kier alpha value is -4.80. The average Bonchev–Trinajstić information content (AvgIpc) is 2.93. The van der Waals surface area contributed by atoms with Gasteiger partial charge in [0.15, 0.2) is 0 Å². The van der Waals surface area contributed by atoms with Gasteiger partial charge in [0.1, 0.15) is 11.5 Å². The van der Waals surface area contributed by atoms with Crippen molar-refractivity contribution in [3.05, 3.63) is 118 Å². The van der Waals surface area contributed by atoms with E-state index in [-0.39, 0.29) is 23.3 Å². The van der Waals surface area contributed by atoms with Crippen LogP contribution in [0.3, 0.4) is 0 Å². The number of aromatic hydroxyl groups is 2. The molecule has 2 aromatic heterocycles. The van der Waals surface area contributed by atoms with Crippen LogP contribution in [0.1, 0.15) is 31.8 Å². The van der Waals surface area contributed by atoms with Gasteiger partial charge in [-0.2, -0.15) is 10.2 Å². The van der Waals surface area contributed by atoms with Gasteiger partial charge in [-0.3, -0.25) is 19.6 Å². The largest absolute Gasteiger partial charge is 0.507 e. The average molecular weight is 551 g/mol. The van der Waals surface area contributed by atoms with Crippen molar-refractivity contribution in [1.82, 2.24) is 20.8 Å². The zero-order valence-corrected chi connectivity index (χ0v) is 21.0. The normalized spacial score (nSPS) is 10.6. The number of hydrogen-bond acceptors (Lipinski definition) is 8. The number of pyridine rings is 2. The molecule has 0 atom stereocenters. The maximum Gasteiger partial charge on any atom is 0.272 e. The van der Waals surface area contributed by atoms with Crippen molar-refractivity contribution in [2.75, 3.05) is 0 Å². The van der Waals surface area contributed by atoms with Crippen molar-refractivity contribution in [3.8, 4) is 11.5 Å². The highest BCUT2D eigenvalue weighted by Crippen LogP contribution is 2.20. The number of hydrazone groups is 2. The van der Waals surface area contributed by atoms with Crippen molar-refractivity contribution in [3.63, 3.8) is 0 Å². The molecule has 2 heterocycles. The summed E-state index contributed by atoms with van der Waals surface area (Å²) in [5, 5.41) is 27.5. The lowest BCUT2D eigenvalue weighted by Crippen LogP contribution is -2.17. The molecular weight excluding hydrogens is 531 g/mol. The Kier molecular flexibility index (Phi) is 10.3. The van der Waals surface area contributed by atoms with Crippen LogP contribution in [0.15, 0.2) is 95.7 Å². The zero-order chi connectivity index (χ0) is 27.3. The Morgan fingerprint density at radius 3 is 1.50 bits per heavy atom. The number of rotatable bonds is 6. The van der Waals surface area contributed by atoms with E-state index in [1.807, 2.05) is 0 Å². The number of nitrogens with one attached hydrogen (secondary N) is 2. The molecular formula is C26H20Cl2N6O4. The highest BCUT2D eigenvalue weighted by Gasteiger charge is 2.04. The van der Waals surface area contributed by atoms with Gasteiger partial charge in [-0.05, 0) is 60.7 Å². The number of hydrogen-bond donors (Lipinski definition) is 4. The van der Waals surface area contributed by atoms with Gasteiger partial charge < -0.3 is 10.2 Å². The minimum Gasteiger partial charge on any atom is -0.507 e. The summed E-state index contributed by atoms with van der Waals surface area (Å²) in [6, 6.07) is 15.6. The number of phenols is 2. The first-order valence-corrected chi connectivity index (χ1v) is 11.5. The van der Waals surface area contributed by atoms with E-state index in [2.05, 4.69) is 31.0 Å². The fraction of sp³-hybridized carbons (Fsp3) is 0. The van der Waals surface area contributed by atoms with Gasteiger partial charge >= 0.3 is 0 Å². The molecule has 0 aliphatic carbocycles. The van der Waals surface area contributed by atoms with Crippen molar-refractivity contribution in [1.29, 1.82) is 0 Å². The summed E-state index contributed by atoms with van der Waals surface area (Å²) in [7, 11) is 0. The van der Waals surface area contributed by atoms with Gasteiger partial charge in [0.25, 0.3) is 11.8 Å². The van der Waals surface area contributed by atoms with Crippen LogP contribution in [-0.2, 0) is 0 Å². The lowest BCUT2D eigenvalue weighted by atomic mass is 10.2. The number of phenolic OH excluding ortho intramolecular Hbond substituents is 2. The summed E-state index contributed by atoms with van der Waals surface area (Å²) in [5.74, 6) is -0.704. The Balaban J connectivity index is 0.000000211. The molecule has 0 aliphatic rings. The molecule has 0 saturated heterocycles. The molecule has 4 N–H and O–H groups in total. The van der Waals surface area contributed by atoms with Crippen molar-refractivity contribution in [2.45, 2.75) is 0 Å². The smallest absolute Gasteiger partial charge is 0.272 e. The second-order valence-corrected chi connectivity index (χ2v) is 8.16. The second-order valence-electron chi connectivity index (χ2n) is 7.29. The van der Waals surface area contributed by atoms with Gasteiger partial charge in [0.05, 0.1) is 23.6 Å². The van der Waals surface area contributed by atoms with E-state index < -0.39 is 0 Å². The van der Waals surface area contributed by atoms with Crippen LogP contribution in [0.5, 0.6) is 11.5 Å². The Morgan fingerprint density at radius 2 is 1.13 bits per heavy atom. The first-order chi connectivity index (χ1) is 18.3. The van der Waals surface area contributed by atoms with Gasteiger partial charge in [-0.1, -0.05) is 23.2 Å². The Bertz CT molecular complexity index is 1340. The Morgan fingerprint density at radius 1 is 0.711 bits per heavy atom. The minimum atomic E-state index is -0.383. The molecule has 0 unspecified atom stereocenters. The van der Waals surface area contributed by atoms with Crippen molar-refractivity contribution < 1.29 is 19.8 Å². The van der Waals surface area contributed by atoms with Crippen LogP contribution in [-0.4, -0.2) is 44.4 Å². The second kappa shape index (κ2) is 14.1. The molecule has 0 spiro atoms. The molecule has 4 rings (SSSR count). The number of carbonyl (C=O) groups is 2. The van der Waals surface area contributed by atoms with E-state index in [0.29, 0.717) is 32.3 Å². The topological polar surface area (TPSA) is 149 Å². The van der Waals surface area contributed by atoms with E-state index in [1.165, 1.54) is 49.1 Å². The summed E-state index contributed by atoms with van der Waals surface area (Å²) >= 11 is 11.6. The third-order valence-electron chi connectivity index (χ3n) is 4.57. The number of aromatic nitrogens is 2. The minimum absolute atomic E-state index is 0.0313. The third kappa shape index (κ3) is 8.70. The highest BCUT2D eigenvalue weighted by atomic mass is 35.5. The number of benzene rings is 2. The summed E-state index contributed by atoms with van der Waals surface area (Å²) < 4.78 is 0. The summed E-state index contributed by atoms with van der Waals surface area (Å²) in [4.78, 5) is 30.9. The molecule has 192 valence electrons. The van der Waals surface area contributed by atoms with Crippen LogP contribution in [0, 0.1) is 0 Å². The molecule has 4 aromatic rings. The molecule has 0 saturated carbocycles. The molecule has 0 fully saturated rings. The van der Waals surface area contributed by atoms with E-state index in [4.69, 9.17) is 23.2 Å². The standard InChI is InChI=1S/2C13H10ClN3O2/c2*14-11-3-4-12(18)10(6-11)8-16-17-13(19)9-2-1-5-15-7-9/h2*1-8,18H,(H,17,19)/b2*16-8+. The maximum atomic E-state index is 11.6. The van der Waals surface area contributed by atoms with Gasteiger partial charge in [0.2, 0.25) is 0 Å². The quantitative estimate of drug-likeness (QED) is 0.206. The van der Waals surface area contributed by atoms with Gasteiger partial charge in [-0.25, -0.2) is 10.9 Å². The lowest BCUT2D eigenvalue weighted by Gasteiger charge is -2.00. The Labute approximate surface area is 227 Å². The van der Waals surface area contributed by atoms with E-state index in [9.17, 15) is 19.8 Å². The van der Waals surface area contributed by atoms with Crippen LogP contribution in [0.25, 0.3) is 0 Å². The van der Waals surface area contributed by atoms with Crippen LogP contribution < -0.4 is 10.9 Å². The van der Waals surface area contributed by atoms with Crippen LogP contribution >= 0.6 is 23.2 Å². The highest BCUT2D eigenvalue weighted by molar-refractivity contribution is 6.31. The fourth-order valence-corrected chi connectivity index (χ4v) is 3.06. The summed E-state index contributed by atoms with van der Waals surface area (Å²) in [6.07, 6.45) is 8.64. The monoisotopic (exact) mass is 550 g/mol. The van der Waals surface area contributed by atoms with Crippen molar-refractivity contribution >= 4 is 47.4 Å². The number of carbonyl (C=O) groups excluding carboxylic acids is 2. The predicted octanol–water partition coefficient (Wildman–Crippen LogP) is 4.41. The lowest BCUT2D eigenvalue weighted by molar-refractivity contribution is 0.0946. The molecule has 0 aliphatic heterocycles. The SMILES string of the molecule is O=C(N/N=C/c1cc(Cl)ccc1O)c1cccnc1.O=C(N/N=C/c1cc(Cl)ccc1O)c1cccnc1. The molecule has 2 amide bonds. The predicted molar refractivity (Wildman–Crippen MR) is 145 cm³/mol. The molecule has 0 radical (unpaired) electrons. The number of nitrogens with zero attached hydrogens (tertiary/aromatic N) is 4. The summed E-state index contributed by atoms with van der Waals surface area (Å²) in [6.45, 7) is 0. The first kappa shape index (κ1) is 27.8. The number of halogens is 2. The van der Waals surface area contributed by atoms with Crippen LogP contribution in [0.4, 0.5) is 0 Å². The number of amides is 2. The molecule has 2 aromatic carbocycles. The molecule has 12 heteroatoms. The molecule has 38 heavy (non-hydrogen) atoms. The molecule has 10 nitrogen and oxygen atoms in total. The van der Waals surface area contributed by atoms with E-state index in [0.717, 1.165) is 0 Å². The van der Waals surface area contributed by atoms with Gasteiger partial charge in [-0.15, -0.1) is 0 Å². The fourth-order valence-electron chi connectivity index (χ4n) is 2.70. The maximum absolute atomic E-state index is 11.6. The summed E-state index contributed by atoms with van der Waals surface area (Å²) in [5.41, 5.74) is 6.29. The van der Waals surface area contributed by atoms with E-state index in [1.54, 1.807) is 48.8 Å². The van der Waals surface area contributed by atoms with Crippen LogP contribution in [0.2, 0.25) is 10.0 Å². The van der Waals surface area contributed by atoms with Crippen molar-refractivity contribution in [2.24, 2.45) is 10.2 Å². The molecule has 0 bridgehead atoms. The zero-order valence-electron chi connectivity index (χ0n) is 19.5. The third-order valence-corrected chi connectivity index (χ3v) is 5.04. The van der Waals surface area contributed by atoms with Gasteiger partial charge in [0, 0.05) is 46.0 Å². The first-order valence-electron chi connectivity index (χ1n) is 10.8. The van der Waals surface area contributed by atoms with E-state index >= 15 is 0 Å².